The smallest absolute Gasteiger partial charge is 0.278 e. The molecule has 0 aliphatic rings. The van der Waals surface area contributed by atoms with E-state index in [9.17, 15) is 4.79 Å². The standard InChI is InChI=1S/C23H20N4O3/c1-17-24-21(26-30-17)16-29-20-12-10-19(11-13-20)23(28)25-22-9-5-6-14-27(22)15-18-7-3-2-4-8-18/h2-14H,15-16H2,1H3. The Labute approximate surface area is 173 Å². The van der Waals surface area contributed by atoms with E-state index >= 15 is 0 Å². The van der Waals surface area contributed by atoms with E-state index in [-0.39, 0.29) is 12.5 Å². The molecule has 2 aromatic heterocycles. The first kappa shape index (κ1) is 19.3. The van der Waals surface area contributed by atoms with Crippen LogP contribution in [0.2, 0.25) is 0 Å². The number of carbonyl (C=O) groups is 1. The molecule has 0 saturated heterocycles. The number of aromatic nitrogens is 3. The highest BCUT2D eigenvalue weighted by molar-refractivity contribution is 5.94. The first-order valence-electron chi connectivity index (χ1n) is 9.48. The molecule has 0 unspecified atom stereocenters. The van der Waals surface area contributed by atoms with E-state index in [1.165, 1.54) is 0 Å². The van der Waals surface area contributed by atoms with Gasteiger partial charge in [0.15, 0.2) is 6.61 Å². The summed E-state index contributed by atoms with van der Waals surface area (Å²) in [5.41, 5.74) is 2.21. The predicted octanol–water partition coefficient (Wildman–Crippen LogP) is 3.55. The SMILES string of the molecule is Cc1nc(COc2ccc(C(=O)N=c3ccccn3Cc3ccccc3)cc2)no1. The molecule has 0 aliphatic carbocycles. The maximum Gasteiger partial charge on any atom is 0.278 e. The molecular formula is C23H20N4O3. The Hall–Kier alpha value is -4.00. The summed E-state index contributed by atoms with van der Waals surface area (Å²) < 4.78 is 12.5. The average molecular weight is 400 g/mol. The zero-order valence-corrected chi connectivity index (χ0v) is 16.4. The summed E-state index contributed by atoms with van der Waals surface area (Å²) in [6, 6.07) is 22.5. The maximum atomic E-state index is 12.7. The molecule has 2 aromatic carbocycles. The van der Waals surface area contributed by atoms with E-state index in [4.69, 9.17) is 9.26 Å². The zero-order valence-electron chi connectivity index (χ0n) is 16.4. The van der Waals surface area contributed by atoms with Gasteiger partial charge >= 0.3 is 0 Å². The van der Waals surface area contributed by atoms with Crippen LogP contribution in [0.1, 0.15) is 27.6 Å². The molecule has 4 rings (SSSR count). The number of benzene rings is 2. The van der Waals surface area contributed by atoms with Crippen LogP contribution in [-0.4, -0.2) is 20.6 Å². The fraction of sp³-hybridized carbons (Fsp3) is 0.130. The monoisotopic (exact) mass is 400 g/mol. The number of hydrogen-bond donors (Lipinski definition) is 0. The molecule has 7 nitrogen and oxygen atoms in total. The van der Waals surface area contributed by atoms with Crippen molar-refractivity contribution in [1.29, 1.82) is 0 Å². The number of pyridine rings is 1. The Bertz CT molecular complexity index is 1190. The molecule has 0 saturated carbocycles. The van der Waals surface area contributed by atoms with Gasteiger partial charge in [-0.15, -0.1) is 0 Å². The highest BCUT2D eigenvalue weighted by atomic mass is 16.5. The summed E-state index contributed by atoms with van der Waals surface area (Å²) in [5.74, 6) is 1.24. The lowest BCUT2D eigenvalue weighted by Crippen LogP contribution is -2.22. The molecule has 2 heterocycles. The van der Waals surface area contributed by atoms with Crippen molar-refractivity contribution < 1.29 is 14.1 Å². The lowest BCUT2D eigenvalue weighted by molar-refractivity contribution is 0.0997. The average Bonchev–Trinajstić information content (AvgIpc) is 3.20. The number of nitrogens with zero attached hydrogens (tertiary/aromatic N) is 4. The van der Waals surface area contributed by atoms with Crippen molar-refractivity contribution in [1.82, 2.24) is 14.7 Å². The third kappa shape index (κ3) is 4.88. The van der Waals surface area contributed by atoms with E-state index in [1.807, 2.05) is 59.3 Å². The topological polar surface area (TPSA) is 82.5 Å². The molecule has 30 heavy (non-hydrogen) atoms. The fourth-order valence-corrected chi connectivity index (χ4v) is 2.89. The van der Waals surface area contributed by atoms with Gasteiger partial charge in [-0.2, -0.15) is 9.98 Å². The van der Waals surface area contributed by atoms with Crippen LogP contribution in [0.5, 0.6) is 5.75 Å². The first-order valence-corrected chi connectivity index (χ1v) is 9.48. The Balaban J connectivity index is 1.47. The highest BCUT2D eigenvalue weighted by Crippen LogP contribution is 2.14. The van der Waals surface area contributed by atoms with Gasteiger partial charge in [0.25, 0.3) is 5.91 Å². The number of aryl methyl sites for hydroxylation is 1. The summed E-state index contributed by atoms with van der Waals surface area (Å²) in [7, 11) is 0. The second kappa shape index (κ2) is 9.00. The van der Waals surface area contributed by atoms with Crippen molar-refractivity contribution in [3.8, 4) is 5.75 Å². The molecule has 1 amide bonds. The predicted molar refractivity (Wildman–Crippen MR) is 110 cm³/mol. The second-order valence-corrected chi connectivity index (χ2v) is 6.63. The number of rotatable bonds is 6. The van der Waals surface area contributed by atoms with Gasteiger partial charge in [-0.3, -0.25) is 4.79 Å². The lowest BCUT2D eigenvalue weighted by Gasteiger charge is -2.07. The molecule has 0 spiro atoms. The van der Waals surface area contributed by atoms with Crippen molar-refractivity contribution in [2.45, 2.75) is 20.1 Å². The summed E-state index contributed by atoms with van der Waals surface area (Å²) in [4.78, 5) is 21.0. The minimum absolute atomic E-state index is 0.193. The van der Waals surface area contributed by atoms with Crippen LogP contribution in [0.25, 0.3) is 0 Å². The Morgan fingerprint density at radius 1 is 1.03 bits per heavy atom. The molecule has 0 bridgehead atoms. The maximum absolute atomic E-state index is 12.7. The molecule has 0 aliphatic heterocycles. The van der Waals surface area contributed by atoms with Gasteiger partial charge in [0.2, 0.25) is 11.7 Å². The van der Waals surface area contributed by atoms with Crippen LogP contribution in [-0.2, 0) is 13.2 Å². The molecule has 0 fully saturated rings. The second-order valence-electron chi connectivity index (χ2n) is 6.63. The minimum Gasteiger partial charge on any atom is -0.485 e. The highest BCUT2D eigenvalue weighted by Gasteiger charge is 2.07. The molecule has 0 radical (unpaired) electrons. The quantitative estimate of drug-likeness (QED) is 0.494. The van der Waals surface area contributed by atoms with Gasteiger partial charge in [0.1, 0.15) is 11.2 Å². The molecule has 4 aromatic rings. The van der Waals surface area contributed by atoms with Gasteiger partial charge in [-0.05, 0) is 42.0 Å². The van der Waals surface area contributed by atoms with E-state index in [2.05, 4.69) is 15.1 Å². The van der Waals surface area contributed by atoms with Crippen molar-refractivity contribution in [2.75, 3.05) is 0 Å². The zero-order chi connectivity index (χ0) is 20.8. The minimum atomic E-state index is -0.316. The molecular weight excluding hydrogens is 380 g/mol. The van der Waals surface area contributed by atoms with Crippen LogP contribution in [0.4, 0.5) is 0 Å². The summed E-state index contributed by atoms with van der Waals surface area (Å²) in [5, 5.41) is 3.78. The van der Waals surface area contributed by atoms with Crippen LogP contribution < -0.4 is 10.2 Å². The third-order valence-corrected chi connectivity index (χ3v) is 4.37. The van der Waals surface area contributed by atoms with E-state index in [0.29, 0.717) is 35.1 Å². The van der Waals surface area contributed by atoms with Crippen molar-refractivity contribution in [3.63, 3.8) is 0 Å². The van der Waals surface area contributed by atoms with Crippen molar-refractivity contribution >= 4 is 5.91 Å². The van der Waals surface area contributed by atoms with Crippen LogP contribution in [0.3, 0.4) is 0 Å². The van der Waals surface area contributed by atoms with Crippen LogP contribution in [0.15, 0.2) is 88.5 Å². The Morgan fingerprint density at radius 2 is 1.80 bits per heavy atom. The number of ether oxygens (including phenoxy) is 1. The van der Waals surface area contributed by atoms with Gasteiger partial charge in [-0.25, -0.2) is 0 Å². The van der Waals surface area contributed by atoms with Gasteiger partial charge in [0.05, 0.1) is 0 Å². The Morgan fingerprint density at radius 3 is 2.53 bits per heavy atom. The van der Waals surface area contributed by atoms with E-state index < -0.39 is 0 Å². The molecule has 150 valence electrons. The third-order valence-electron chi connectivity index (χ3n) is 4.37. The lowest BCUT2D eigenvalue weighted by atomic mass is 10.2. The normalized spacial score (nSPS) is 11.4. The van der Waals surface area contributed by atoms with Crippen molar-refractivity contribution in [2.24, 2.45) is 4.99 Å². The van der Waals surface area contributed by atoms with Crippen LogP contribution in [0, 0.1) is 6.92 Å². The number of carbonyl (C=O) groups excluding carboxylic acids is 1. The largest absolute Gasteiger partial charge is 0.485 e. The first-order chi connectivity index (χ1) is 14.7. The fourth-order valence-electron chi connectivity index (χ4n) is 2.89. The van der Waals surface area contributed by atoms with Gasteiger partial charge in [0, 0.05) is 25.2 Å². The summed E-state index contributed by atoms with van der Waals surface area (Å²) in [6.07, 6.45) is 1.91. The number of hydrogen-bond acceptors (Lipinski definition) is 5. The van der Waals surface area contributed by atoms with E-state index in [1.54, 1.807) is 31.2 Å². The summed E-state index contributed by atoms with van der Waals surface area (Å²) in [6.45, 7) is 2.55. The van der Waals surface area contributed by atoms with Gasteiger partial charge in [-0.1, -0.05) is 41.6 Å². The van der Waals surface area contributed by atoms with Gasteiger partial charge < -0.3 is 13.8 Å². The Kier molecular flexibility index (Phi) is 5.80. The number of amides is 1. The molecule has 0 atom stereocenters. The summed E-state index contributed by atoms with van der Waals surface area (Å²) >= 11 is 0. The van der Waals surface area contributed by atoms with Crippen LogP contribution >= 0.6 is 0 Å². The van der Waals surface area contributed by atoms with Crippen molar-refractivity contribution in [3.05, 3.63) is 107 Å². The van der Waals surface area contributed by atoms with E-state index in [0.717, 1.165) is 5.56 Å². The molecule has 0 N–H and O–H groups in total. The molecule has 7 heteroatoms.